The van der Waals surface area contributed by atoms with Gasteiger partial charge in [0.2, 0.25) is 0 Å². The zero-order valence-electron chi connectivity index (χ0n) is 12.1. The van der Waals surface area contributed by atoms with E-state index in [-0.39, 0.29) is 5.54 Å². The molecule has 0 heterocycles. The van der Waals surface area contributed by atoms with E-state index in [0.717, 1.165) is 13.0 Å². The molecule has 18 heavy (non-hydrogen) atoms. The lowest BCUT2D eigenvalue weighted by molar-refractivity contribution is 0.0234. The molecule has 0 fully saturated rings. The summed E-state index contributed by atoms with van der Waals surface area (Å²) in [5.74, 6) is 0. The minimum absolute atomic E-state index is 0.0698. The van der Waals surface area contributed by atoms with Crippen molar-refractivity contribution in [3.05, 3.63) is 35.4 Å². The van der Waals surface area contributed by atoms with Crippen molar-refractivity contribution in [1.82, 2.24) is 4.90 Å². The maximum Gasteiger partial charge on any atom is 0.0658 e. The normalized spacial score (nSPS) is 14.8. The van der Waals surface area contributed by atoms with Crippen LogP contribution in [0.2, 0.25) is 0 Å². The maximum atomic E-state index is 5.96. The van der Waals surface area contributed by atoms with Gasteiger partial charge < -0.3 is 10.5 Å². The van der Waals surface area contributed by atoms with Gasteiger partial charge in [0.1, 0.15) is 0 Å². The number of nitrogens with two attached hydrogens (primary N) is 1. The van der Waals surface area contributed by atoms with E-state index in [4.69, 9.17) is 10.5 Å². The Morgan fingerprint density at radius 1 is 1.28 bits per heavy atom. The predicted octanol–water partition coefficient (Wildman–Crippen LogP) is 2.18. The molecule has 0 radical (unpaired) electrons. The van der Waals surface area contributed by atoms with Crippen LogP contribution in [0.1, 0.15) is 24.5 Å². The van der Waals surface area contributed by atoms with E-state index in [2.05, 4.69) is 50.1 Å². The summed E-state index contributed by atoms with van der Waals surface area (Å²) in [6.07, 6.45) is 0.986. The van der Waals surface area contributed by atoms with E-state index in [1.807, 2.05) is 0 Å². The largest absolute Gasteiger partial charge is 0.383 e. The maximum absolute atomic E-state index is 5.96. The van der Waals surface area contributed by atoms with E-state index in [0.29, 0.717) is 13.2 Å². The molecule has 0 aliphatic rings. The first-order valence-electron chi connectivity index (χ1n) is 6.53. The van der Waals surface area contributed by atoms with Crippen molar-refractivity contribution in [2.24, 2.45) is 5.73 Å². The topological polar surface area (TPSA) is 38.5 Å². The Labute approximate surface area is 111 Å². The van der Waals surface area contributed by atoms with Crippen LogP contribution in [0.25, 0.3) is 0 Å². The third-order valence-electron chi connectivity index (χ3n) is 3.80. The first kappa shape index (κ1) is 15.2. The number of benzene rings is 1. The molecule has 3 heteroatoms. The predicted molar refractivity (Wildman–Crippen MR) is 76.6 cm³/mol. The average molecular weight is 250 g/mol. The second-order valence-corrected chi connectivity index (χ2v) is 5.06. The fourth-order valence-electron chi connectivity index (χ4n) is 2.25. The Bertz CT molecular complexity index is 344. The van der Waals surface area contributed by atoms with Gasteiger partial charge in [-0.15, -0.1) is 0 Å². The van der Waals surface area contributed by atoms with Crippen LogP contribution in [0, 0.1) is 6.92 Å². The first-order valence-corrected chi connectivity index (χ1v) is 6.53. The summed E-state index contributed by atoms with van der Waals surface area (Å²) in [5, 5.41) is 0. The highest BCUT2D eigenvalue weighted by Crippen LogP contribution is 2.20. The van der Waals surface area contributed by atoms with Gasteiger partial charge in [0, 0.05) is 20.2 Å². The number of ether oxygens (including phenoxy) is 1. The Hall–Kier alpha value is -0.900. The average Bonchev–Trinajstić information content (AvgIpc) is 2.38. The van der Waals surface area contributed by atoms with Crippen LogP contribution in [0.4, 0.5) is 0 Å². The molecular weight excluding hydrogens is 224 g/mol. The minimum atomic E-state index is -0.0698. The fourth-order valence-corrected chi connectivity index (χ4v) is 2.25. The number of hydrogen-bond acceptors (Lipinski definition) is 3. The van der Waals surface area contributed by atoms with Gasteiger partial charge in [-0.3, -0.25) is 4.90 Å². The summed E-state index contributed by atoms with van der Waals surface area (Å²) in [6, 6.07) is 8.65. The molecule has 3 nitrogen and oxygen atoms in total. The molecule has 0 amide bonds. The minimum Gasteiger partial charge on any atom is -0.383 e. The highest BCUT2D eigenvalue weighted by atomic mass is 16.5. The van der Waals surface area contributed by atoms with E-state index in [1.54, 1.807) is 7.11 Å². The van der Waals surface area contributed by atoms with Crippen LogP contribution >= 0.6 is 0 Å². The standard InChI is InChI=1S/C15H26N2O/c1-5-15(11-16,12-18-4)17(3)10-14-8-6-13(2)7-9-14/h6-9H,5,10-12,16H2,1-4H3. The Morgan fingerprint density at radius 2 is 1.89 bits per heavy atom. The third kappa shape index (κ3) is 3.55. The van der Waals surface area contributed by atoms with Crippen molar-refractivity contribution >= 4 is 0 Å². The summed E-state index contributed by atoms with van der Waals surface area (Å²) in [7, 11) is 3.86. The van der Waals surface area contributed by atoms with Crippen molar-refractivity contribution in [3.63, 3.8) is 0 Å². The molecule has 0 spiro atoms. The monoisotopic (exact) mass is 250 g/mol. The van der Waals surface area contributed by atoms with Crippen LogP contribution in [0.15, 0.2) is 24.3 Å². The molecule has 102 valence electrons. The Morgan fingerprint density at radius 3 is 2.33 bits per heavy atom. The second-order valence-electron chi connectivity index (χ2n) is 5.06. The third-order valence-corrected chi connectivity index (χ3v) is 3.80. The Kier molecular flexibility index (Phi) is 5.79. The van der Waals surface area contributed by atoms with Crippen LogP contribution in [-0.2, 0) is 11.3 Å². The van der Waals surface area contributed by atoms with Crippen molar-refractivity contribution in [2.75, 3.05) is 27.3 Å². The quantitative estimate of drug-likeness (QED) is 0.806. The first-order chi connectivity index (χ1) is 8.57. The smallest absolute Gasteiger partial charge is 0.0658 e. The molecular formula is C15H26N2O. The fraction of sp³-hybridized carbons (Fsp3) is 0.600. The van der Waals surface area contributed by atoms with E-state index in [1.165, 1.54) is 11.1 Å². The molecule has 2 N–H and O–H groups in total. The zero-order valence-corrected chi connectivity index (χ0v) is 12.1. The molecule has 0 saturated heterocycles. The molecule has 0 aliphatic carbocycles. The molecule has 1 aromatic carbocycles. The van der Waals surface area contributed by atoms with Gasteiger partial charge in [0.05, 0.1) is 12.1 Å². The van der Waals surface area contributed by atoms with Gasteiger partial charge in [-0.2, -0.15) is 0 Å². The van der Waals surface area contributed by atoms with Gasteiger partial charge in [0.25, 0.3) is 0 Å². The summed E-state index contributed by atoms with van der Waals surface area (Å²) in [5.41, 5.74) is 8.49. The van der Waals surface area contributed by atoms with E-state index < -0.39 is 0 Å². The highest BCUT2D eigenvalue weighted by molar-refractivity contribution is 5.21. The highest BCUT2D eigenvalue weighted by Gasteiger charge is 2.31. The molecule has 1 atom stereocenters. The molecule has 0 aliphatic heterocycles. The Balaban J connectivity index is 2.77. The lowest BCUT2D eigenvalue weighted by Gasteiger charge is -2.40. The number of aryl methyl sites for hydroxylation is 1. The summed E-state index contributed by atoms with van der Waals surface area (Å²) in [4.78, 5) is 2.31. The number of nitrogens with zero attached hydrogens (tertiary/aromatic N) is 1. The lowest BCUT2D eigenvalue weighted by Crippen LogP contribution is -2.54. The van der Waals surface area contributed by atoms with Gasteiger partial charge in [-0.05, 0) is 26.0 Å². The molecule has 0 aromatic heterocycles. The molecule has 0 bridgehead atoms. The summed E-state index contributed by atoms with van der Waals surface area (Å²) >= 11 is 0. The molecule has 1 unspecified atom stereocenters. The van der Waals surface area contributed by atoms with Crippen molar-refractivity contribution in [1.29, 1.82) is 0 Å². The van der Waals surface area contributed by atoms with E-state index in [9.17, 15) is 0 Å². The van der Waals surface area contributed by atoms with Crippen molar-refractivity contribution in [2.45, 2.75) is 32.4 Å². The SMILES string of the molecule is CCC(CN)(COC)N(C)Cc1ccc(C)cc1. The summed E-state index contributed by atoms with van der Waals surface area (Å²) < 4.78 is 5.35. The summed E-state index contributed by atoms with van der Waals surface area (Å²) in [6.45, 7) is 6.45. The van der Waals surface area contributed by atoms with Crippen LogP contribution in [0.5, 0.6) is 0 Å². The number of methoxy groups -OCH3 is 1. The van der Waals surface area contributed by atoms with Crippen LogP contribution in [0.3, 0.4) is 0 Å². The number of rotatable bonds is 7. The number of likely N-dealkylation sites (N-methyl/N-ethyl adjacent to an activating group) is 1. The second kappa shape index (κ2) is 6.88. The van der Waals surface area contributed by atoms with E-state index >= 15 is 0 Å². The zero-order chi connectivity index (χ0) is 13.6. The lowest BCUT2D eigenvalue weighted by atomic mass is 9.94. The van der Waals surface area contributed by atoms with Gasteiger partial charge >= 0.3 is 0 Å². The van der Waals surface area contributed by atoms with Crippen molar-refractivity contribution in [3.8, 4) is 0 Å². The van der Waals surface area contributed by atoms with Gasteiger partial charge in [-0.1, -0.05) is 36.8 Å². The number of hydrogen-bond donors (Lipinski definition) is 1. The molecule has 1 aromatic rings. The van der Waals surface area contributed by atoms with Gasteiger partial charge in [0.15, 0.2) is 0 Å². The van der Waals surface area contributed by atoms with Crippen LogP contribution in [-0.4, -0.2) is 37.7 Å². The van der Waals surface area contributed by atoms with Crippen LogP contribution < -0.4 is 5.73 Å². The van der Waals surface area contributed by atoms with Crippen molar-refractivity contribution < 1.29 is 4.74 Å². The molecule has 0 saturated carbocycles. The molecule has 1 rings (SSSR count). The van der Waals surface area contributed by atoms with Gasteiger partial charge in [-0.25, -0.2) is 0 Å².